The predicted octanol–water partition coefficient (Wildman–Crippen LogP) is 17.7. The number of thioether (sulfide) groups is 1. The van der Waals surface area contributed by atoms with Gasteiger partial charge in [0.1, 0.15) is 5.69 Å². The first-order valence-corrected chi connectivity index (χ1v) is 36.6. The van der Waals surface area contributed by atoms with E-state index >= 15 is 0 Å². The fourth-order valence-electron chi connectivity index (χ4n) is 14.6. The number of hydrogen-bond acceptors (Lipinski definition) is 11. The molecule has 2 saturated carbocycles. The Bertz CT molecular complexity index is 4230. The maximum absolute atomic E-state index is 10.1. The fraction of sp³-hybridized carbons (Fsp3) is 0.446. The van der Waals surface area contributed by atoms with Crippen LogP contribution in [-0.4, -0.2) is 102 Å². The SMILES string of the molecule is CC(c1cnn(-c2[c-]cc3c(c2)-c2ccccc2C3(C)C)c1)C1(C)COCCO1.CC1(Cc2ccc(-n3[c-]nc(C(C)(C)C)n3)nc2)CCSCC1.CC1(Cc2cnn(-c3[c-]cccc3)c2)CCCC1.CCC1(Cc2cnc(-c3[c-]cccc3)n2C)CCCC1.O=C(O)c1ccccn1.[Co].[Ir].[Pd].[Pt]. The molecule has 10 aromatic rings. The third kappa shape index (κ3) is 21.3. The van der Waals surface area contributed by atoms with Gasteiger partial charge in [0.05, 0.1) is 55.3 Å². The zero-order valence-corrected chi connectivity index (χ0v) is 69.4. The van der Waals surface area contributed by atoms with Crippen LogP contribution in [-0.2, 0) is 125 Å². The van der Waals surface area contributed by atoms with Crippen LogP contribution in [0.4, 0.5) is 0 Å². The molecule has 2 unspecified atom stereocenters. The van der Waals surface area contributed by atoms with Crippen molar-refractivity contribution in [3.63, 3.8) is 0 Å². The van der Waals surface area contributed by atoms with Crippen molar-refractivity contribution >= 4 is 17.7 Å². The van der Waals surface area contributed by atoms with Gasteiger partial charge in [0.25, 0.3) is 0 Å². The molecule has 103 heavy (non-hydrogen) atoms. The fourth-order valence-corrected chi connectivity index (χ4v) is 16.1. The number of fused-ring (bicyclic) bond motifs is 3. The van der Waals surface area contributed by atoms with E-state index < -0.39 is 5.97 Å². The summed E-state index contributed by atoms with van der Waals surface area (Å²) in [7, 11) is 2.14. The standard InChI is InChI=1S/C25H27N2O2.C18H25N4S.C18H23N2.C16H19N2.C6H5NO2.Co.Ir.Pd.Pt/c1-17(25(4)16-28-11-12-29-25)18-14-26-27(15-18)19-9-10-23-21(13-19)20-7-5-6-8-22(20)24(23,2)3;1-17(2,3)16-20-13-22(21-16)15-6-5-14(12-19-15)11-18(4)7-9-23-10-8-18;1-3-18(11-7-8-12-18)13-16-14-19-17(20(16)2)15-9-5-4-6-10-15;1-16(9-5-6-10-16)11-14-12-17-18(13-14)15-7-3-2-4-8-15;8-6(9)5-3-1-2-4-7-5;;;;/h5-8,10,13-15,17H,11-12,16H2,1-4H3;5-6,12H,7-11H2,1-4H3;4-6,9,14H,3,7-8,11-13H2,1-2H3;2-4,7,12-13H,5-6,9-11H2,1H3;1-4H,(H,8,9);;;;/q4*-1;;;;;. The molecule has 8 heterocycles. The number of imidazole rings is 1. The van der Waals surface area contributed by atoms with Gasteiger partial charge in [-0.15, -0.1) is 59.2 Å². The Morgan fingerprint density at radius 3 is 1.99 bits per heavy atom. The molecule has 6 aromatic heterocycles. The van der Waals surface area contributed by atoms with Crippen molar-refractivity contribution in [2.75, 3.05) is 31.3 Å². The second kappa shape index (κ2) is 37.6. The number of carboxylic acids is 1. The zero-order chi connectivity index (χ0) is 69.8. The van der Waals surface area contributed by atoms with Crippen LogP contribution in [0.2, 0.25) is 0 Å². The van der Waals surface area contributed by atoms with Gasteiger partial charge in [-0.3, -0.25) is 14.3 Å². The van der Waals surface area contributed by atoms with Crippen molar-refractivity contribution in [1.82, 2.24) is 53.8 Å². The first-order chi connectivity index (χ1) is 47.6. The van der Waals surface area contributed by atoms with Crippen molar-refractivity contribution in [2.45, 2.75) is 181 Å². The molecule has 558 valence electrons. The number of carbonyl (C=O) groups is 1. The Balaban J connectivity index is 0.000000185. The normalized spacial score (nSPS) is 18.0. The average Bonchev–Trinajstić information content (AvgIpc) is 1.58. The minimum absolute atomic E-state index is 0. The monoisotopic (exact) mass is 1900 g/mol. The number of rotatable bonds is 14. The third-order valence-electron chi connectivity index (χ3n) is 21.2. The van der Waals surface area contributed by atoms with Gasteiger partial charge in [0.2, 0.25) is 0 Å². The Labute approximate surface area is 667 Å². The number of nitrogens with zero attached hydrogens (tertiary/aromatic N) is 11. The molecule has 4 fully saturated rings. The minimum Gasteiger partial charge on any atom is -0.477 e. The van der Waals surface area contributed by atoms with E-state index in [-0.39, 0.29) is 106 Å². The second-order valence-electron chi connectivity index (χ2n) is 30.2. The Hall–Kier alpha value is -5.80. The van der Waals surface area contributed by atoms with E-state index in [1.165, 1.54) is 140 Å². The number of para-hydroxylation sites is 1. The van der Waals surface area contributed by atoms with Crippen molar-refractivity contribution < 1.29 is 97.7 Å². The maximum atomic E-state index is 10.1. The molecule has 2 radical (unpaired) electrons. The van der Waals surface area contributed by atoms with Crippen LogP contribution in [0.5, 0.6) is 0 Å². The number of carboxylic acid groups (broad SMARTS) is 1. The summed E-state index contributed by atoms with van der Waals surface area (Å²) in [5.74, 6) is 4.36. The molecular formula is C83H99CoIrN11O4PdPtS-4. The summed E-state index contributed by atoms with van der Waals surface area (Å²) in [6, 6.07) is 47.9. The predicted molar refractivity (Wildman–Crippen MR) is 395 cm³/mol. The first-order valence-electron chi connectivity index (χ1n) is 35.5. The minimum atomic E-state index is -0.990. The van der Waals surface area contributed by atoms with E-state index in [1.54, 1.807) is 16.8 Å². The topological polar surface area (TPSA) is 166 Å². The molecule has 2 aliphatic heterocycles. The first kappa shape index (κ1) is 84.5. The van der Waals surface area contributed by atoms with Crippen LogP contribution < -0.4 is 0 Å². The molecule has 0 bridgehead atoms. The summed E-state index contributed by atoms with van der Waals surface area (Å²) in [6.07, 6.45) is 34.9. The van der Waals surface area contributed by atoms with Crippen molar-refractivity contribution in [2.24, 2.45) is 23.3 Å². The maximum Gasteiger partial charge on any atom is 0.354 e. The quantitative estimate of drug-likeness (QED) is 0.0810. The van der Waals surface area contributed by atoms with Crippen LogP contribution >= 0.6 is 11.8 Å². The second-order valence-corrected chi connectivity index (χ2v) is 31.4. The molecule has 4 aromatic carbocycles. The van der Waals surface area contributed by atoms with Gasteiger partial charge in [0, 0.05) is 134 Å². The molecule has 15 nitrogen and oxygen atoms in total. The van der Waals surface area contributed by atoms with Gasteiger partial charge in [-0.05, 0) is 155 Å². The summed E-state index contributed by atoms with van der Waals surface area (Å²) in [4.78, 5) is 27.2. The average molecular weight is 1900 g/mol. The van der Waals surface area contributed by atoms with Crippen molar-refractivity contribution in [3.8, 4) is 39.7 Å². The number of pyridine rings is 2. The van der Waals surface area contributed by atoms with Crippen molar-refractivity contribution in [1.29, 1.82) is 0 Å². The molecular weight excluding hydrogens is 1800 g/mol. The summed E-state index contributed by atoms with van der Waals surface area (Å²) in [5.41, 5.74) is 14.6. The van der Waals surface area contributed by atoms with E-state index in [0.29, 0.717) is 36.1 Å². The van der Waals surface area contributed by atoms with Crippen molar-refractivity contribution in [3.05, 3.63) is 228 Å². The van der Waals surface area contributed by atoms with Gasteiger partial charge in [-0.25, -0.2) is 14.9 Å². The van der Waals surface area contributed by atoms with E-state index in [0.717, 1.165) is 52.8 Å². The number of hydrogen-bond donors (Lipinski definition) is 1. The summed E-state index contributed by atoms with van der Waals surface area (Å²) in [5, 5.41) is 21.9. The summed E-state index contributed by atoms with van der Waals surface area (Å²) >= 11 is 2.07. The van der Waals surface area contributed by atoms with Crippen LogP contribution in [0.1, 0.15) is 196 Å². The molecule has 2 atom stereocenters. The Morgan fingerprint density at radius 1 is 0.699 bits per heavy atom. The van der Waals surface area contributed by atoms with Crippen LogP contribution in [0.25, 0.3) is 39.7 Å². The molecule has 1 N–H and O–H groups in total. The summed E-state index contributed by atoms with van der Waals surface area (Å²) in [6.45, 7) is 24.2. The number of aromatic carboxylic acids is 1. The van der Waals surface area contributed by atoms with Gasteiger partial charge >= 0.3 is 5.97 Å². The number of ether oxygens (including phenoxy) is 2. The van der Waals surface area contributed by atoms with Gasteiger partial charge in [-0.2, -0.15) is 58.4 Å². The van der Waals surface area contributed by atoms with Crippen LogP contribution in [0, 0.1) is 40.8 Å². The van der Waals surface area contributed by atoms with E-state index in [9.17, 15) is 4.79 Å². The number of benzene rings is 4. The van der Waals surface area contributed by atoms with Crippen LogP contribution in [0.3, 0.4) is 0 Å². The molecule has 2 saturated heterocycles. The van der Waals surface area contributed by atoms with E-state index in [1.807, 2.05) is 76.5 Å². The molecule has 20 heteroatoms. The Morgan fingerprint density at radius 2 is 1.37 bits per heavy atom. The largest absolute Gasteiger partial charge is 0.477 e. The molecule has 5 aliphatic rings. The van der Waals surface area contributed by atoms with Crippen LogP contribution in [0.15, 0.2) is 159 Å². The molecule has 15 rings (SSSR count). The third-order valence-corrected chi connectivity index (χ3v) is 22.2. The van der Waals surface area contributed by atoms with E-state index in [2.05, 4.69) is 219 Å². The molecule has 0 amide bonds. The number of aromatic nitrogens is 11. The summed E-state index contributed by atoms with van der Waals surface area (Å²) < 4.78 is 19.5. The van der Waals surface area contributed by atoms with Gasteiger partial charge < -0.3 is 33.8 Å². The van der Waals surface area contributed by atoms with E-state index in [4.69, 9.17) is 14.6 Å². The van der Waals surface area contributed by atoms with Gasteiger partial charge in [-0.1, -0.05) is 137 Å². The molecule has 0 spiro atoms. The van der Waals surface area contributed by atoms with Gasteiger partial charge in [0.15, 0.2) is 0 Å². The Kier molecular flexibility index (Phi) is 30.9. The zero-order valence-electron chi connectivity index (χ0n) is 61.3. The smallest absolute Gasteiger partial charge is 0.354 e. The molecule has 3 aliphatic carbocycles.